The van der Waals surface area contributed by atoms with E-state index < -0.39 is 10.0 Å². The molecule has 30 heavy (non-hydrogen) atoms. The average molecular weight is 438 g/mol. The summed E-state index contributed by atoms with van der Waals surface area (Å²) in [5.74, 6) is 0.659. The van der Waals surface area contributed by atoms with Gasteiger partial charge < -0.3 is 15.0 Å². The lowest BCUT2D eigenvalue weighted by Crippen LogP contribution is -2.43. The third-order valence-electron chi connectivity index (χ3n) is 5.64. The van der Waals surface area contributed by atoms with Crippen LogP contribution in [0.25, 0.3) is 11.0 Å². The predicted molar refractivity (Wildman–Crippen MR) is 111 cm³/mol. The molecule has 4 heterocycles. The Labute approximate surface area is 175 Å². The fraction of sp³-hybridized carbons (Fsp3) is 0.667. The van der Waals surface area contributed by atoms with Crippen LogP contribution in [0.15, 0.2) is 12.5 Å². The van der Waals surface area contributed by atoms with E-state index in [2.05, 4.69) is 25.3 Å². The Morgan fingerprint density at radius 2 is 1.93 bits per heavy atom. The molecule has 1 N–H and O–H groups in total. The van der Waals surface area contributed by atoms with E-state index in [1.165, 1.54) is 10.6 Å². The largest absolute Gasteiger partial charge is 0.378 e. The zero-order chi connectivity index (χ0) is 21.1. The van der Waals surface area contributed by atoms with Crippen molar-refractivity contribution in [1.29, 1.82) is 0 Å². The molecule has 4 rings (SSSR count). The fourth-order valence-corrected chi connectivity index (χ4v) is 4.82. The van der Waals surface area contributed by atoms with Gasteiger partial charge in [0, 0.05) is 38.6 Å². The molecule has 0 bridgehead atoms. The number of hydrogen-bond donors (Lipinski definition) is 1. The number of sulfonamides is 1. The van der Waals surface area contributed by atoms with Crippen molar-refractivity contribution in [2.24, 2.45) is 5.92 Å². The quantitative estimate of drug-likeness (QED) is 0.639. The molecule has 0 atom stereocenters. The van der Waals surface area contributed by atoms with Crippen LogP contribution in [0.1, 0.15) is 12.8 Å². The number of aromatic nitrogens is 4. The van der Waals surface area contributed by atoms with Crippen molar-refractivity contribution in [2.75, 3.05) is 57.1 Å². The number of anilines is 1. The molecule has 164 valence electrons. The molecule has 2 aliphatic rings. The number of rotatable bonds is 6. The van der Waals surface area contributed by atoms with E-state index in [1.54, 1.807) is 17.2 Å². The standard InChI is InChI=1S/C18H27N7O4S/c1-30(27,28)24-5-2-14(3-6-24)18(26)19-4-7-25-17-15(12-22-25)16(20-13-21-17)23-8-10-29-11-9-23/h12-14H,2-11H2,1H3,(H,19,26). The zero-order valence-electron chi connectivity index (χ0n) is 17.0. The molecule has 1 amide bonds. The number of nitrogens with zero attached hydrogens (tertiary/aromatic N) is 6. The van der Waals surface area contributed by atoms with Crippen LogP contribution in [-0.4, -0.2) is 90.6 Å². The Balaban J connectivity index is 1.33. The van der Waals surface area contributed by atoms with Gasteiger partial charge in [-0.25, -0.2) is 27.4 Å². The first kappa shape index (κ1) is 20.9. The fourth-order valence-electron chi connectivity index (χ4n) is 3.95. The molecule has 2 fully saturated rings. The van der Waals surface area contributed by atoms with E-state index in [1.807, 2.05) is 0 Å². The number of hydrogen-bond acceptors (Lipinski definition) is 8. The van der Waals surface area contributed by atoms with Gasteiger partial charge >= 0.3 is 0 Å². The lowest BCUT2D eigenvalue weighted by molar-refractivity contribution is -0.126. The van der Waals surface area contributed by atoms with Crippen molar-refractivity contribution < 1.29 is 17.9 Å². The first-order valence-electron chi connectivity index (χ1n) is 10.2. The topological polar surface area (TPSA) is 123 Å². The molecule has 12 heteroatoms. The summed E-state index contributed by atoms with van der Waals surface area (Å²) >= 11 is 0. The summed E-state index contributed by atoms with van der Waals surface area (Å²) in [6.07, 6.45) is 5.59. The van der Waals surface area contributed by atoms with E-state index in [-0.39, 0.29) is 11.8 Å². The normalized spacial score (nSPS) is 19.3. The van der Waals surface area contributed by atoms with Crippen molar-refractivity contribution in [2.45, 2.75) is 19.4 Å². The van der Waals surface area contributed by atoms with Crippen molar-refractivity contribution >= 4 is 32.8 Å². The first-order chi connectivity index (χ1) is 14.4. The minimum absolute atomic E-state index is 0.0387. The summed E-state index contributed by atoms with van der Waals surface area (Å²) in [6.45, 7) is 4.63. The van der Waals surface area contributed by atoms with Crippen LogP contribution in [-0.2, 0) is 26.1 Å². The summed E-state index contributed by atoms with van der Waals surface area (Å²) in [4.78, 5) is 23.4. The maximum Gasteiger partial charge on any atom is 0.223 e. The predicted octanol–water partition coefficient (Wildman–Crippen LogP) is -0.549. The van der Waals surface area contributed by atoms with Crippen LogP contribution in [0.3, 0.4) is 0 Å². The minimum atomic E-state index is -3.19. The van der Waals surface area contributed by atoms with Gasteiger partial charge in [0.05, 0.1) is 37.6 Å². The van der Waals surface area contributed by atoms with Gasteiger partial charge in [0.25, 0.3) is 0 Å². The smallest absolute Gasteiger partial charge is 0.223 e. The van der Waals surface area contributed by atoms with Crippen LogP contribution in [0.5, 0.6) is 0 Å². The van der Waals surface area contributed by atoms with Gasteiger partial charge in [-0.15, -0.1) is 0 Å². The molecule has 0 aliphatic carbocycles. The van der Waals surface area contributed by atoms with E-state index in [0.717, 1.165) is 29.9 Å². The Hall–Kier alpha value is -2.31. The highest BCUT2D eigenvalue weighted by Gasteiger charge is 2.28. The van der Waals surface area contributed by atoms with Gasteiger partial charge in [0.15, 0.2) is 5.65 Å². The van der Waals surface area contributed by atoms with Crippen LogP contribution in [0, 0.1) is 5.92 Å². The van der Waals surface area contributed by atoms with Crippen LogP contribution in [0.2, 0.25) is 0 Å². The Kier molecular flexibility index (Phi) is 6.16. The third-order valence-corrected chi connectivity index (χ3v) is 6.94. The zero-order valence-corrected chi connectivity index (χ0v) is 17.8. The minimum Gasteiger partial charge on any atom is -0.378 e. The molecule has 2 aromatic rings. The van der Waals surface area contributed by atoms with E-state index in [9.17, 15) is 13.2 Å². The summed E-state index contributed by atoms with van der Waals surface area (Å²) in [5, 5.41) is 8.27. The van der Waals surface area contributed by atoms with Crippen molar-refractivity contribution in [3.05, 3.63) is 12.5 Å². The number of nitrogens with one attached hydrogen (secondary N) is 1. The summed E-state index contributed by atoms with van der Waals surface area (Å²) in [5.41, 5.74) is 0.738. The first-order valence-corrected chi connectivity index (χ1v) is 12.0. The molecular formula is C18H27N7O4S. The summed E-state index contributed by atoms with van der Waals surface area (Å²) in [7, 11) is -3.19. The lowest BCUT2D eigenvalue weighted by Gasteiger charge is -2.29. The SMILES string of the molecule is CS(=O)(=O)N1CCC(C(=O)NCCn2ncc3c(N4CCOCC4)ncnc32)CC1. The average Bonchev–Trinajstić information content (AvgIpc) is 3.17. The highest BCUT2D eigenvalue weighted by Crippen LogP contribution is 2.23. The second-order valence-electron chi connectivity index (χ2n) is 7.63. The molecule has 11 nitrogen and oxygen atoms in total. The van der Waals surface area contributed by atoms with Crippen molar-refractivity contribution in [1.82, 2.24) is 29.4 Å². The van der Waals surface area contributed by atoms with Crippen LogP contribution >= 0.6 is 0 Å². The molecular weight excluding hydrogens is 410 g/mol. The molecule has 2 aromatic heterocycles. The summed E-state index contributed by atoms with van der Waals surface area (Å²) < 4.78 is 31.8. The highest BCUT2D eigenvalue weighted by molar-refractivity contribution is 7.88. The molecule has 0 saturated carbocycles. The number of piperidine rings is 1. The van der Waals surface area contributed by atoms with Crippen molar-refractivity contribution in [3.63, 3.8) is 0 Å². The van der Waals surface area contributed by atoms with E-state index in [4.69, 9.17) is 4.74 Å². The number of carbonyl (C=O) groups is 1. The Morgan fingerprint density at radius 3 is 2.63 bits per heavy atom. The molecule has 0 aromatic carbocycles. The number of carbonyl (C=O) groups excluding carboxylic acids is 1. The number of fused-ring (bicyclic) bond motifs is 1. The monoisotopic (exact) mass is 437 g/mol. The number of morpholine rings is 1. The lowest BCUT2D eigenvalue weighted by atomic mass is 9.97. The van der Waals surface area contributed by atoms with Gasteiger partial charge in [-0.3, -0.25) is 4.79 Å². The Morgan fingerprint density at radius 1 is 1.20 bits per heavy atom. The highest BCUT2D eigenvalue weighted by atomic mass is 32.2. The van der Waals surface area contributed by atoms with Gasteiger partial charge in [0.1, 0.15) is 12.1 Å². The number of amides is 1. The second kappa shape index (κ2) is 8.82. The summed E-state index contributed by atoms with van der Waals surface area (Å²) in [6, 6.07) is 0. The van der Waals surface area contributed by atoms with E-state index >= 15 is 0 Å². The van der Waals surface area contributed by atoms with Crippen LogP contribution < -0.4 is 10.2 Å². The van der Waals surface area contributed by atoms with Gasteiger partial charge in [0.2, 0.25) is 15.9 Å². The number of ether oxygens (including phenoxy) is 1. The van der Waals surface area contributed by atoms with E-state index in [0.29, 0.717) is 52.2 Å². The molecule has 0 spiro atoms. The molecule has 2 aliphatic heterocycles. The third kappa shape index (κ3) is 4.55. The van der Waals surface area contributed by atoms with Gasteiger partial charge in [-0.2, -0.15) is 5.10 Å². The van der Waals surface area contributed by atoms with Crippen LogP contribution in [0.4, 0.5) is 5.82 Å². The van der Waals surface area contributed by atoms with Gasteiger partial charge in [-0.05, 0) is 12.8 Å². The molecule has 0 unspecified atom stereocenters. The van der Waals surface area contributed by atoms with Gasteiger partial charge in [-0.1, -0.05) is 0 Å². The molecule has 0 radical (unpaired) electrons. The van der Waals surface area contributed by atoms with Crippen molar-refractivity contribution in [3.8, 4) is 0 Å². The second-order valence-corrected chi connectivity index (χ2v) is 9.61. The molecule has 2 saturated heterocycles. The maximum atomic E-state index is 12.5. The maximum absolute atomic E-state index is 12.5. The Bertz CT molecular complexity index is 995.